The normalized spacial score (nSPS) is 17.2. The lowest BCUT2D eigenvalue weighted by atomic mass is 10.0. The van der Waals surface area contributed by atoms with Gasteiger partial charge in [0, 0.05) is 23.9 Å². The number of nitriles is 1. The first-order valence-electron chi connectivity index (χ1n) is 9.49. The zero-order valence-electron chi connectivity index (χ0n) is 15.7. The van der Waals surface area contributed by atoms with Crippen LogP contribution in [0.2, 0.25) is 5.02 Å². The van der Waals surface area contributed by atoms with Gasteiger partial charge in [0.05, 0.1) is 22.8 Å². The molecule has 1 unspecified atom stereocenters. The van der Waals surface area contributed by atoms with Crippen molar-refractivity contribution < 1.29 is 8.78 Å². The molecule has 29 heavy (non-hydrogen) atoms. The van der Waals surface area contributed by atoms with E-state index in [1.165, 1.54) is 18.2 Å². The van der Waals surface area contributed by atoms with Crippen LogP contribution in [0, 0.1) is 23.0 Å². The number of rotatable bonds is 4. The number of benzene rings is 2. The summed E-state index contributed by atoms with van der Waals surface area (Å²) in [6, 6.07) is 13.0. The second-order valence-electron chi connectivity index (χ2n) is 7.14. The molecule has 1 saturated heterocycles. The quantitative estimate of drug-likeness (QED) is 0.580. The summed E-state index contributed by atoms with van der Waals surface area (Å²) in [5.74, 6) is -0.881. The van der Waals surface area contributed by atoms with E-state index in [2.05, 4.69) is 16.1 Å². The Bertz CT molecular complexity index is 1070. The van der Waals surface area contributed by atoms with Crippen LogP contribution in [0.25, 0.3) is 16.9 Å². The third-order valence-corrected chi connectivity index (χ3v) is 5.51. The van der Waals surface area contributed by atoms with Gasteiger partial charge in [-0.2, -0.15) is 10.4 Å². The molecular formula is C22H19ClF2N4. The highest BCUT2D eigenvalue weighted by Crippen LogP contribution is 2.29. The van der Waals surface area contributed by atoms with E-state index in [-0.39, 0.29) is 16.9 Å². The molecule has 4 rings (SSSR count). The van der Waals surface area contributed by atoms with Crippen molar-refractivity contribution in [3.63, 3.8) is 0 Å². The molecule has 1 aliphatic rings. The molecule has 0 aliphatic carbocycles. The van der Waals surface area contributed by atoms with Gasteiger partial charge in [0.2, 0.25) is 0 Å². The lowest BCUT2D eigenvalue weighted by Gasteiger charge is -2.31. The molecule has 7 heteroatoms. The molecule has 0 radical (unpaired) electrons. The van der Waals surface area contributed by atoms with Crippen molar-refractivity contribution in [2.75, 3.05) is 6.54 Å². The Morgan fingerprint density at radius 3 is 2.72 bits per heavy atom. The average molecular weight is 413 g/mol. The average Bonchev–Trinajstić information content (AvgIpc) is 3.14. The third-order valence-electron chi connectivity index (χ3n) is 5.22. The number of likely N-dealkylation sites (tertiary alicyclic amines) is 1. The summed E-state index contributed by atoms with van der Waals surface area (Å²) in [4.78, 5) is 2.10. The van der Waals surface area contributed by atoms with Crippen molar-refractivity contribution in [2.24, 2.45) is 0 Å². The molecule has 0 N–H and O–H groups in total. The molecule has 0 amide bonds. The van der Waals surface area contributed by atoms with E-state index in [1.54, 1.807) is 35.1 Å². The maximum atomic E-state index is 14.5. The SMILES string of the molecule is N#CC1CCCCN1Cc1cn(-c2ccc(F)c(Cl)c2)nc1-c1ccccc1F. The first kappa shape index (κ1) is 19.6. The number of hydrogen-bond donors (Lipinski definition) is 0. The van der Waals surface area contributed by atoms with Crippen LogP contribution in [0.15, 0.2) is 48.7 Å². The Morgan fingerprint density at radius 1 is 1.14 bits per heavy atom. The van der Waals surface area contributed by atoms with E-state index in [1.807, 2.05) is 0 Å². The van der Waals surface area contributed by atoms with Crippen LogP contribution in [0.3, 0.4) is 0 Å². The number of nitrogens with zero attached hydrogens (tertiary/aromatic N) is 4. The van der Waals surface area contributed by atoms with E-state index in [0.717, 1.165) is 31.4 Å². The van der Waals surface area contributed by atoms with Crippen molar-refractivity contribution in [1.82, 2.24) is 14.7 Å². The molecule has 1 aliphatic heterocycles. The first-order chi connectivity index (χ1) is 14.1. The van der Waals surface area contributed by atoms with Crippen molar-refractivity contribution >= 4 is 11.6 Å². The number of hydrogen-bond acceptors (Lipinski definition) is 3. The fourth-order valence-corrected chi connectivity index (χ4v) is 3.89. The molecule has 4 nitrogen and oxygen atoms in total. The second-order valence-corrected chi connectivity index (χ2v) is 7.54. The maximum Gasteiger partial charge on any atom is 0.141 e. The predicted octanol–water partition coefficient (Wildman–Crippen LogP) is 5.35. The van der Waals surface area contributed by atoms with Gasteiger partial charge in [-0.05, 0) is 56.1 Å². The molecule has 0 spiro atoms. The fourth-order valence-electron chi connectivity index (χ4n) is 3.71. The molecule has 3 aromatic rings. The molecule has 0 bridgehead atoms. The van der Waals surface area contributed by atoms with Crippen LogP contribution in [0.5, 0.6) is 0 Å². The Labute approximate surface area is 172 Å². The molecule has 1 fully saturated rings. The first-order valence-corrected chi connectivity index (χ1v) is 9.87. The molecule has 148 valence electrons. The van der Waals surface area contributed by atoms with Gasteiger partial charge in [-0.15, -0.1) is 0 Å². The van der Waals surface area contributed by atoms with Gasteiger partial charge in [-0.25, -0.2) is 13.5 Å². The standard InChI is InChI=1S/C22H19ClF2N4/c23-19-11-16(8-9-21(19)25)29-14-15(13-28-10-4-3-5-17(28)12-26)22(27-29)18-6-1-2-7-20(18)24/h1-2,6-9,11,14,17H,3-5,10,13H2. The Hall–Kier alpha value is -2.75. The molecule has 1 atom stereocenters. The molecule has 1 aromatic heterocycles. The second kappa shape index (κ2) is 8.32. The summed E-state index contributed by atoms with van der Waals surface area (Å²) in [5, 5.41) is 14.1. The van der Waals surface area contributed by atoms with Gasteiger partial charge in [-0.1, -0.05) is 23.7 Å². The summed E-state index contributed by atoms with van der Waals surface area (Å²) in [6.07, 6.45) is 4.68. The van der Waals surface area contributed by atoms with E-state index >= 15 is 0 Å². The van der Waals surface area contributed by atoms with E-state index in [9.17, 15) is 14.0 Å². The summed E-state index contributed by atoms with van der Waals surface area (Å²) in [5.41, 5.74) is 2.28. The van der Waals surface area contributed by atoms with Crippen LogP contribution in [0.1, 0.15) is 24.8 Å². The maximum absolute atomic E-state index is 14.5. The monoisotopic (exact) mass is 412 g/mol. The number of piperidine rings is 1. The predicted molar refractivity (Wildman–Crippen MR) is 108 cm³/mol. The van der Waals surface area contributed by atoms with Crippen LogP contribution < -0.4 is 0 Å². The van der Waals surface area contributed by atoms with Crippen molar-refractivity contribution in [3.05, 3.63) is 70.9 Å². The Morgan fingerprint density at radius 2 is 1.97 bits per heavy atom. The minimum Gasteiger partial charge on any atom is -0.284 e. The zero-order chi connectivity index (χ0) is 20.4. The van der Waals surface area contributed by atoms with Gasteiger partial charge < -0.3 is 0 Å². The lowest BCUT2D eigenvalue weighted by molar-refractivity contribution is 0.176. The van der Waals surface area contributed by atoms with Crippen LogP contribution in [-0.4, -0.2) is 27.3 Å². The minimum atomic E-state index is -0.512. The van der Waals surface area contributed by atoms with Gasteiger partial charge >= 0.3 is 0 Å². The zero-order valence-corrected chi connectivity index (χ0v) is 16.4. The van der Waals surface area contributed by atoms with Crippen molar-refractivity contribution in [3.8, 4) is 23.0 Å². The van der Waals surface area contributed by atoms with Crippen molar-refractivity contribution in [1.29, 1.82) is 5.26 Å². The van der Waals surface area contributed by atoms with Crippen molar-refractivity contribution in [2.45, 2.75) is 31.8 Å². The molecular weight excluding hydrogens is 394 g/mol. The largest absolute Gasteiger partial charge is 0.284 e. The highest BCUT2D eigenvalue weighted by molar-refractivity contribution is 6.30. The Balaban J connectivity index is 1.78. The summed E-state index contributed by atoms with van der Waals surface area (Å²) >= 11 is 5.93. The van der Waals surface area contributed by atoms with Gasteiger partial charge in [0.1, 0.15) is 17.3 Å². The molecule has 2 aromatic carbocycles. The van der Waals surface area contributed by atoms with E-state index in [0.29, 0.717) is 23.5 Å². The van der Waals surface area contributed by atoms with Gasteiger partial charge in [0.15, 0.2) is 0 Å². The smallest absolute Gasteiger partial charge is 0.141 e. The highest BCUT2D eigenvalue weighted by Gasteiger charge is 2.25. The fraction of sp³-hybridized carbons (Fsp3) is 0.273. The number of halogens is 3. The number of aromatic nitrogens is 2. The van der Waals surface area contributed by atoms with Crippen LogP contribution >= 0.6 is 11.6 Å². The van der Waals surface area contributed by atoms with Crippen LogP contribution in [-0.2, 0) is 6.54 Å². The minimum absolute atomic E-state index is 0.00688. The molecule has 2 heterocycles. The summed E-state index contributed by atoms with van der Waals surface area (Å²) in [6.45, 7) is 1.29. The summed E-state index contributed by atoms with van der Waals surface area (Å²) in [7, 11) is 0. The highest BCUT2D eigenvalue weighted by atomic mass is 35.5. The summed E-state index contributed by atoms with van der Waals surface area (Å²) < 4.78 is 29.7. The van der Waals surface area contributed by atoms with E-state index < -0.39 is 5.82 Å². The Kier molecular flexibility index (Phi) is 5.61. The lowest BCUT2D eigenvalue weighted by Crippen LogP contribution is -2.37. The van der Waals surface area contributed by atoms with E-state index in [4.69, 9.17) is 11.6 Å². The van der Waals surface area contributed by atoms with Gasteiger partial charge in [0.25, 0.3) is 0 Å². The topological polar surface area (TPSA) is 44.9 Å². The van der Waals surface area contributed by atoms with Gasteiger partial charge in [-0.3, -0.25) is 4.90 Å². The molecule has 0 saturated carbocycles. The van der Waals surface area contributed by atoms with Crippen LogP contribution in [0.4, 0.5) is 8.78 Å². The third kappa shape index (κ3) is 4.02.